The van der Waals surface area contributed by atoms with Gasteiger partial charge in [0.05, 0.1) is 18.9 Å². The summed E-state index contributed by atoms with van der Waals surface area (Å²) in [5.74, 6) is 0. The van der Waals surface area contributed by atoms with Gasteiger partial charge in [-0.15, -0.1) is 4.68 Å². The molecular formula is C22H44BrN2O3P. The Balaban J connectivity index is 0.00000784. The average molecular weight is 495 g/mol. The van der Waals surface area contributed by atoms with Gasteiger partial charge in [-0.2, -0.15) is 4.68 Å². The van der Waals surface area contributed by atoms with Gasteiger partial charge in [-0.1, -0.05) is 90.4 Å². The van der Waals surface area contributed by atoms with Gasteiger partial charge < -0.3 is 26.8 Å². The quantitative estimate of drug-likeness (QED) is 0.176. The van der Waals surface area contributed by atoms with Crippen molar-refractivity contribution in [1.29, 1.82) is 0 Å². The van der Waals surface area contributed by atoms with E-state index < -0.39 is 7.60 Å². The maximum Gasteiger partial charge on any atom is 0.325 e. The first-order chi connectivity index (χ1) is 13.5. The van der Waals surface area contributed by atoms with E-state index in [2.05, 4.69) is 22.5 Å². The summed E-state index contributed by atoms with van der Waals surface area (Å²) in [4.78, 5) is 17.9. The smallest absolute Gasteiger partial charge is 0.325 e. The van der Waals surface area contributed by atoms with Crippen molar-refractivity contribution in [2.75, 3.05) is 6.16 Å². The number of hydrogen-bond donors (Lipinski definition) is 2. The summed E-state index contributed by atoms with van der Waals surface area (Å²) >= 11 is 0. The number of aryl methyl sites for hydroxylation is 2. The van der Waals surface area contributed by atoms with Gasteiger partial charge in [-0.3, -0.25) is 4.57 Å². The molecule has 172 valence electrons. The van der Waals surface area contributed by atoms with Crippen LogP contribution in [-0.2, 0) is 17.7 Å². The Morgan fingerprint density at radius 2 is 1.28 bits per heavy atom. The molecule has 0 saturated carbocycles. The van der Waals surface area contributed by atoms with Gasteiger partial charge >= 0.3 is 7.60 Å². The largest absolute Gasteiger partial charge is 1.00 e. The minimum absolute atomic E-state index is 0. The van der Waals surface area contributed by atoms with E-state index in [1.54, 1.807) is 0 Å². The van der Waals surface area contributed by atoms with Crippen molar-refractivity contribution in [3.05, 3.63) is 18.5 Å². The Hall–Kier alpha value is -0.160. The predicted molar refractivity (Wildman–Crippen MR) is 116 cm³/mol. The molecule has 0 amide bonds. The highest BCUT2D eigenvalue weighted by molar-refractivity contribution is 7.51. The molecule has 5 nitrogen and oxygen atoms in total. The summed E-state index contributed by atoms with van der Waals surface area (Å²) in [6.45, 7) is 3.92. The maximum atomic E-state index is 10.9. The summed E-state index contributed by atoms with van der Waals surface area (Å²) in [5, 5.41) is 0. The summed E-state index contributed by atoms with van der Waals surface area (Å²) in [6, 6.07) is 2.00. The van der Waals surface area contributed by atoms with Crippen molar-refractivity contribution in [2.24, 2.45) is 0 Å². The predicted octanol–water partition coefficient (Wildman–Crippen LogP) is 2.83. The Morgan fingerprint density at radius 1 is 0.793 bits per heavy atom. The zero-order valence-corrected chi connectivity index (χ0v) is 21.0. The van der Waals surface area contributed by atoms with E-state index in [1.165, 1.54) is 89.9 Å². The lowest BCUT2D eigenvalue weighted by atomic mass is 10.0. The fraction of sp³-hybridized carbons (Fsp3) is 0.864. The van der Waals surface area contributed by atoms with Gasteiger partial charge in [0, 0.05) is 12.5 Å². The van der Waals surface area contributed by atoms with Crippen LogP contribution in [0.25, 0.3) is 0 Å². The third-order valence-corrected chi connectivity index (χ3v) is 6.32. The zero-order valence-electron chi connectivity index (χ0n) is 18.5. The second-order valence-corrected chi connectivity index (χ2v) is 9.93. The Labute approximate surface area is 189 Å². The van der Waals surface area contributed by atoms with Gasteiger partial charge in [0.1, 0.15) is 0 Å². The lowest BCUT2D eigenvalue weighted by molar-refractivity contribution is -0.775. The molecule has 1 rings (SSSR count). The van der Waals surface area contributed by atoms with Gasteiger partial charge in [-0.05, 0) is 6.42 Å². The molecule has 0 radical (unpaired) electrons. The minimum atomic E-state index is -3.87. The van der Waals surface area contributed by atoms with Gasteiger partial charge in [-0.25, -0.2) is 0 Å². The van der Waals surface area contributed by atoms with E-state index in [0.717, 1.165) is 6.54 Å². The highest BCUT2D eigenvalue weighted by atomic mass is 79.9. The normalized spacial score (nSPS) is 11.6. The molecule has 0 saturated heterocycles. The first-order valence-corrected chi connectivity index (χ1v) is 13.4. The lowest BCUT2D eigenvalue weighted by Crippen LogP contribution is -3.00. The molecule has 0 atom stereocenters. The Kier molecular flexibility index (Phi) is 18.5. The molecule has 1 aromatic heterocycles. The van der Waals surface area contributed by atoms with Crippen molar-refractivity contribution >= 4 is 7.60 Å². The summed E-state index contributed by atoms with van der Waals surface area (Å²) in [6.07, 6.45) is 23.7. The fourth-order valence-electron chi connectivity index (χ4n) is 3.72. The van der Waals surface area contributed by atoms with Crippen molar-refractivity contribution in [2.45, 2.75) is 116 Å². The molecule has 0 unspecified atom stereocenters. The van der Waals surface area contributed by atoms with E-state index >= 15 is 0 Å². The van der Waals surface area contributed by atoms with Crippen LogP contribution < -0.4 is 21.7 Å². The van der Waals surface area contributed by atoms with Crippen molar-refractivity contribution in [1.82, 2.24) is 4.68 Å². The minimum Gasteiger partial charge on any atom is -1.00 e. The first-order valence-electron chi connectivity index (χ1n) is 11.6. The molecule has 0 bridgehead atoms. The van der Waals surface area contributed by atoms with E-state index in [1.807, 2.05) is 12.3 Å². The van der Waals surface area contributed by atoms with Crippen LogP contribution in [-0.4, -0.2) is 20.6 Å². The fourth-order valence-corrected chi connectivity index (χ4v) is 4.27. The van der Waals surface area contributed by atoms with Crippen molar-refractivity contribution < 1.29 is 36.0 Å². The van der Waals surface area contributed by atoms with Gasteiger partial charge in [0.25, 0.3) is 0 Å². The number of rotatable bonds is 19. The van der Waals surface area contributed by atoms with Crippen LogP contribution in [0.3, 0.4) is 0 Å². The number of hydrogen-bond acceptors (Lipinski definition) is 1. The molecule has 1 aromatic rings. The van der Waals surface area contributed by atoms with E-state index in [0.29, 0.717) is 13.0 Å². The van der Waals surface area contributed by atoms with Crippen LogP contribution in [0.4, 0.5) is 0 Å². The van der Waals surface area contributed by atoms with Crippen molar-refractivity contribution in [3.8, 4) is 0 Å². The van der Waals surface area contributed by atoms with Crippen LogP contribution in [0.1, 0.15) is 103 Å². The molecule has 0 aliphatic rings. The SMILES string of the molecule is CCCCCCCCCCCCCCCCn1ccc[n+]1CCCP(=O)(O)O.[Br-]. The van der Waals surface area contributed by atoms with E-state index in [4.69, 9.17) is 9.79 Å². The van der Waals surface area contributed by atoms with E-state index in [9.17, 15) is 4.57 Å². The summed E-state index contributed by atoms with van der Waals surface area (Å²) in [7, 11) is -3.87. The highest BCUT2D eigenvalue weighted by Crippen LogP contribution is 2.34. The number of halogens is 1. The zero-order chi connectivity index (χ0) is 20.5. The monoisotopic (exact) mass is 494 g/mol. The average Bonchev–Trinajstić information content (AvgIpc) is 3.08. The molecule has 0 fully saturated rings. The third-order valence-electron chi connectivity index (χ3n) is 5.42. The number of unbranched alkanes of at least 4 members (excludes halogenated alkanes) is 13. The Bertz CT molecular complexity index is 534. The van der Waals surface area contributed by atoms with Gasteiger partial charge in [0.2, 0.25) is 0 Å². The lowest BCUT2D eigenvalue weighted by Gasteiger charge is -2.05. The van der Waals surface area contributed by atoms with E-state index in [-0.39, 0.29) is 23.1 Å². The van der Waals surface area contributed by atoms with Crippen LogP contribution in [0.5, 0.6) is 0 Å². The molecule has 29 heavy (non-hydrogen) atoms. The third kappa shape index (κ3) is 17.2. The highest BCUT2D eigenvalue weighted by Gasteiger charge is 2.15. The molecule has 0 aliphatic heterocycles. The molecule has 0 aromatic carbocycles. The van der Waals surface area contributed by atoms with Crippen LogP contribution in [0.2, 0.25) is 0 Å². The topological polar surface area (TPSA) is 66.3 Å². The van der Waals surface area contributed by atoms with Crippen LogP contribution in [0, 0.1) is 0 Å². The standard InChI is InChI=1S/C22H43N2O3P.BrH/c1-2-3-4-5-6-7-8-9-10-11-12-13-14-15-18-23-19-16-20-24(23)21-17-22-28(25,26)27;/h16,19-20H,2-15,17-18,21-22H2,1H3,(H-,25,26,27);1H. The molecule has 7 heteroatoms. The molecule has 0 spiro atoms. The van der Waals surface area contributed by atoms with Gasteiger partial charge in [0.15, 0.2) is 12.7 Å². The molecular weight excluding hydrogens is 451 g/mol. The second kappa shape index (κ2) is 18.6. The summed E-state index contributed by atoms with van der Waals surface area (Å²) in [5.41, 5.74) is 0. The first kappa shape index (κ1) is 28.8. The maximum absolute atomic E-state index is 10.9. The van der Waals surface area contributed by atoms with Crippen LogP contribution >= 0.6 is 7.60 Å². The number of aromatic nitrogens is 2. The number of nitrogens with zero attached hydrogens (tertiary/aromatic N) is 2. The molecule has 1 heterocycles. The molecule has 2 N–H and O–H groups in total. The van der Waals surface area contributed by atoms with Crippen molar-refractivity contribution in [3.63, 3.8) is 0 Å². The molecule has 0 aliphatic carbocycles. The summed E-state index contributed by atoms with van der Waals surface area (Å²) < 4.78 is 15.2. The Morgan fingerprint density at radius 3 is 1.76 bits per heavy atom. The second-order valence-electron chi connectivity index (χ2n) is 8.15. The van der Waals surface area contributed by atoms with Crippen LogP contribution in [0.15, 0.2) is 18.5 Å².